The molecule has 0 aliphatic rings. The van der Waals surface area contributed by atoms with Crippen molar-refractivity contribution in [2.75, 3.05) is 6.54 Å². The average Bonchev–Trinajstić information content (AvgIpc) is 2.71. The number of aromatic nitrogens is 2. The topological polar surface area (TPSA) is 55.2 Å². The number of halogens is 2. The van der Waals surface area contributed by atoms with Crippen LogP contribution in [0.2, 0.25) is 5.02 Å². The predicted molar refractivity (Wildman–Crippen MR) is 120 cm³/mol. The van der Waals surface area contributed by atoms with Crippen molar-refractivity contribution in [1.82, 2.24) is 14.5 Å². The lowest BCUT2D eigenvalue weighted by molar-refractivity contribution is 0.0677. The largest absolute Gasteiger partial charge is 0.329 e. The van der Waals surface area contributed by atoms with Gasteiger partial charge in [0.25, 0.3) is 11.5 Å². The van der Waals surface area contributed by atoms with Gasteiger partial charge >= 0.3 is 0 Å². The van der Waals surface area contributed by atoms with E-state index in [-0.39, 0.29) is 17.5 Å². The molecule has 0 spiro atoms. The van der Waals surface area contributed by atoms with Crippen LogP contribution >= 0.6 is 27.5 Å². The van der Waals surface area contributed by atoms with Crippen molar-refractivity contribution in [1.29, 1.82) is 0 Å². The Hall–Kier alpha value is -2.18. The Morgan fingerprint density at radius 3 is 2.59 bits per heavy atom. The van der Waals surface area contributed by atoms with Crippen molar-refractivity contribution in [2.45, 2.75) is 32.7 Å². The average molecular weight is 477 g/mol. The maximum Gasteiger partial charge on any atom is 0.261 e. The van der Waals surface area contributed by atoms with E-state index >= 15 is 0 Å². The highest BCUT2D eigenvalue weighted by Crippen LogP contribution is 2.24. The van der Waals surface area contributed by atoms with Gasteiger partial charge in [0.05, 0.1) is 16.9 Å². The molecule has 2 aromatic carbocycles. The summed E-state index contributed by atoms with van der Waals surface area (Å²) in [5, 5.41) is 0.961. The van der Waals surface area contributed by atoms with Crippen LogP contribution in [0.4, 0.5) is 0 Å². The van der Waals surface area contributed by atoms with E-state index in [1.807, 2.05) is 19.1 Å². The molecule has 152 valence electrons. The van der Waals surface area contributed by atoms with Crippen LogP contribution in [0.1, 0.15) is 48.9 Å². The van der Waals surface area contributed by atoms with Crippen LogP contribution in [0.3, 0.4) is 0 Å². The summed E-state index contributed by atoms with van der Waals surface area (Å²) in [5.41, 5.74) is 1.01. The van der Waals surface area contributed by atoms with Gasteiger partial charge in [0, 0.05) is 28.7 Å². The Balaban J connectivity index is 2.05. The van der Waals surface area contributed by atoms with E-state index in [1.54, 1.807) is 42.3 Å². The highest BCUT2D eigenvalue weighted by Gasteiger charge is 2.26. The number of fused-ring (bicyclic) bond motifs is 1. The fourth-order valence-electron chi connectivity index (χ4n) is 3.33. The van der Waals surface area contributed by atoms with Gasteiger partial charge in [-0.15, -0.1) is 0 Å². The Labute approximate surface area is 183 Å². The monoisotopic (exact) mass is 475 g/mol. The van der Waals surface area contributed by atoms with E-state index in [9.17, 15) is 9.59 Å². The number of hydrogen-bond acceptors (Lipinski definition) is 3. The molecule has 0 radical (unpaired) electrons. The van der Waals surface area contributed by atoms with E-state index in [1.165, 1.54) is 4.57 Å². The van der Waals surface area contributed by atoms with E-state index in [0.29, 0.717) is 33.9 Å². The van der Waals surface area contributed by atoms with E-state index in [2.05, 4.69) is 22.9 Å². The Bertz CT molecular complexity index is 1100. The number of hydrogen-bond donors (Lipinski definition) is 0. The summed E-state index contributed by atoms with van der Waals surface area (Å²) in [5.74, 6) is 0.468. The number of carbonyl (C=O) groups excluding carboxylic acids is 1. The molecular formula is C22H23BrClN3O2. The third kappa shape index (κ3) is 4.54. The fourth-order valence-corrected chi connectivity index (χ4v) is 3.77. The first-order valence-electron chi connectivity index (χ1n) is 9.56. The van der Waals surface area contributed by atoms with Crippen molar-refractivity contribution in [3.05, 3.63) is 73.7 Å². The summed E-state index contributed by atoms with van der Waals surface area (Å²) < 4.78 is 2.43. The first kappa shape index (κ1) is 21.5. The summed E-state index contributed by atoms with van der Waals surface area (Å²) in [7, 11) is 1.68. The van der Waals surface area contributed by atoms with Crippen LogP contribution in [0.25, 0.3) is 10.9 Å². The third-order valence-electron chi connectivity index (χ3n) is 5.02. The summed E-state index contributed by atoms with van der Waals surface area (Å²) in [6, 6.07) is 12.0. The molecule has 3 aromatic rings. The molecule has 0 aliphatic heterocycles. The fraction of sp³-hybridized carbons (Fsp3) is 0.318. The molecule has 7 heteroatoms. The highest BCUT2D eigenvalue weighted by atomic mass is 79.9. The smallest absolute Gasteiger partial charge is 0.261 e. The van der Waals surface area contributed by atoms with Crippen molar-refractivity contribution in [3.63, 3.8) is 0 Å². The van der Waals surface area contributed by atoms with Gasteiger partial charge in [0.2, 0.25) is 0 Å². The molecule has 0 saturated carbocycles. The zero-order valence-electron chi connectivity index (χ0n) is 16.7. The zero-order chi connectivity index (χ0) is 21.1. The quantitative estimate of drug-likeness (QED) is 0.482. The molecule has 3 rings (SSSR count). The number of benzene rings is 2. The lowest BCUT2D eigenvalue weighted by Crippen LogP contribution is -2.37. The number of rotatable bonds is 6. The van der Waals surface area contributed by atoms with Gasteiger partial charge in [0.1, 0.15) is 5.82 Å². The lowest BCUT2D eigenvalue weighted by atomic mass is 10.1. The molecule has 5 nitrogen and oxygen atoms in total. The molecule has 0 N–H and O–H groups in total. The molecule has 0 fully saturated rings. The number of unbranched alkanes of at least 4 members (excludes halogenated alkanes) is 1. The minimum Gasteiger partial charge on any atom is -0.329 e. The molecule has 1 aromatic heterocycles. The maximum atomic E-state index is 13.3. The molecule has 1 atom stereocenters. The van der Waals surface area contributed by atoms with Crippen LogP contribution < -0.4 is 5.56 Å². The second-order valence-corrected chi connectivity index (χ2v) is 8.38. The maximum absolute atomic E-state index is 13.3. The Morgan fingerprint density at radius 1 is 1.24 bits per heavy atom. The van der Waals surface area contributed by atoms with Crippen molar-refractivity contribution >= 4 is 44.3 Å². The summed E-state index contributed by atoms with van der Waals surface area (Å²) >= 11 is 9.44. The summed E-state index contributed by atoms with van der Waals surface area (Å²) in [4.78, 5) is 32.6. The molecule has 0 saturated heterocycles. The second-order valence-electron chi connectivity index (χ2n) is 7.03. The van der Waals surface area contributed by atoms with Gasteiger partial charge in [-0.1, -0.05) is 40.9 Å². The van der Waals surface area contributed by atoms with Crippen LogP contribution in [0, 0.1) is 0 Å². The molecule has 0 bridgehead atoms. The van der Waals surface area contributed by atoms with Gasteiger partial charge in [-0.2, -0.15) is 0 Å². The van der Waals surface area contributed by atoms with E-state index < -0.39 is 0 Å². The summed E-state index contributed by atoms with van der Waals surface area (Å²) in [6.45, 7) is 4.58. The van der Waals surface area contributed by atoms with Crippen LogP contribution in [-0.4, -0.2) is 26.9 Å². The van der Waals surface area contributed by atoms with Crippen LogP contribution in [0.15, 0.2) is 51.7 Å². The first-order chi connectivity index (χ1) is 13.8. The highest BCUT2D eigenvalue weighted by molar-refractivity contribution is 9.10. The minimum absolute atomic E-state index is 0.0797. The van der Waals surface area contributed by atoms with Crippen molar-refractivity contribution < 1.29 is 4.79 Å². The standard InChI is InChI=1S/C22H23BrClN3O2/c1-4-5-12-27(21(28)15-6-8-16(23)9-7-15)14(2)20-25-19-11-10-17(24)13-18(19)22(29)26(20)3/h6-11,13-14H,4-5,12H2,1-3H3. The number of amides is 1. The Kier molecular flexibility index (Phi) is 6.75. The van der Waals surface area contributed by atoms with Crippen LogP contribution in [-0.2, 0) is 7.05 Å². The third-order valence-corrected chi connectivity index (χ3v) is 5.78. The van der Waals surface area contributed by atoms with Crippen molar-refractivity contribution in [2.24, 2.45) is 7.05 Å². The van der Waals surface area contributed by atoms with Crippen molar-refractivity contribution in [3.8, 4) is 0 Å². The molecule has 1 unspecified atom stereocenters. The molecule has 0 aliphatic carbocycles. The van der Waals surface area contributed by atoms with Gasteiger partial charge in [-0.25, -0.2) is 4.98 Å². The molecule has 1 heterocycles. The van der Waals surface area contributed by atoms with Gasteiger partial charge < -0.3 is 4.90 Å². The number of carbonyl (C=O) groups is 1. The molecule has 29 heavy (non-hydrogen) atoms. The zero-order valence-corrected chi connectivity index (χ0v) is 19.0. The Morgan fingerprint density at radius 2 is 1.93 bits per heavy atom. The van der Waals surface area contributed by atoms with Gasteiger partial charge in [-0.05, 0) is 55.8 Å². The van der Waals surface area contributed by atoms with E-state index in [0.717, 1.165) is 17.3 Å². The lowest BCUT2D eigenvalue weighted by Gasteiger charge is -2.30. The number of nitrogens with zero attached hydrogens (tertiary/aromatic N) is 3. The van der Waals surface area contributed by atoms with E-state index in [4.69, 9.17) is 16.6 Å². The SMILES string of the molecule is CCCCN(C(=O)c1ccc(Br)cc1)C(C)c1nc2ccc(Cl)cc2c(=O)n1C. The first-order valence-corrected chi connectivity index (χ1v) is 10.7. The van der Waals surface area contributed by atoms with Gasteiger partial charge in [0.15, 0.2) is 0 Å². The molecular weight excluding hydrogens is 454 g/mol. The minimum atomic E-state index is -0.365. The summed E-state index contributed by atoms with van der Waals surface area (Å²) in [6.07, 6.45) is 1.82. The normalized spacial score (nSPS) is 12.2. The van der Waals surface area contributed by atoms with Crippen LogP contribution in [0.5, 0.6) is 0 Å². The predicted octanol–water partition coefficient (Wildman–Crippen LogP) is 5.35. The molecule has 1 amide bonds. The second kappa shape index (κ2) is 9.09. The van der Waals surface area contributed by atoms with Gasteiger partial charge in [-0.3, -0.25) is 14.2 Å².